The molecule has 5 rings (SSSR count). The molecule has 1 N–H and O–H groups in total. The highest BCUT2D eigenvalue weighted by atomic mass is 35.5. The summed E-state index contributed by atoms with van der Waals surface area (Å²) < 4.78 is 30.7. The van der Waals surface area contributed by atoms with Gasteiger partial charge in [-0.15, -0.1) is 12.3 Å². The van der Waals surface area contributed by atoms with Crippen LogP contribution >= 0.6 is 23.4 Å². The van der Waals surface area contributed by atoms with E-state index in [9.17, 15) is 9.90 Å². The molecule has 184 valence electrons. The van der Waals surface area contributed by atoms with Crippen molar-refractivity contribution in [2.45, 2.75) is 55.5 Å². The molecule has 0 spiro atoms. The molecule has 0 radical (unpaired) electrons. The first-order valence-corrected chi connectivity index (χ1v) is 13.1. The Hall–Kier alpha value is -2.95. The third-order valence-corrected chi connectivity index (χ3v) is 8.16. The number of allylic oxidation sites excluding steroid dienone is 1. The minimum absolute atomic E-state index is 0.0144. The Morgan fingerprint density at radius 3 is 2.72 bits per heavy atom. The smallest absolute Gasteiger partial charge is 0.338 e. The molecule has 4 nitrogen and oxygen atoms in total. The van der Waals surface area contributed by atoms with Gasteiger partial charge in [0, 0.05) is 28.0 Å². The number of rotatable bonds is 9. The van der Waals surface area contributed by atoms with Gasteiger partial charge in [-0.3, -0.25) is 9.98 Å². The van der Waals surface area contributed by atoms with E-state index in [1.807, 2.05) is 0 Å². The minimum Gasteiger partial charge on any atom is -0.478 e. The van der Waals surface area contributed by atoms with Gasteiger partial charge in [-0.1, -0.05) is 35.5 Å². The molecule has 0 aromatic heterocycles. The van der Waals surface area contributed by atoms with Crippen molar-refractivity contribution in [2.24, 2.45) is 15.9 Å². The molecule has 0 amide bonds. The Morgan fingerprint density at radius 1 is 1.19 bits per heavy atom. The summed E-state index contributed by atoms with van der Waals surface area (Å²) in [7, 11) is 0. The second-order valence-corrected chi connectivity index (χ2v) is 10.6. The first-order valence-electron chi connectivity index (χ1n) is 11.9. The minimum atomic E-state index is -1.33. The van der Waals surface area contributed by atoms with Crippen LogP contribution in [0.4, 0.5) is 8.78 Å². The van der Waals surface area contributed by atoms with E-state index in [2.05, 4.69) is 10.9 Å². The van der Waals surface area contributed by atoms with Crippen LogP contribution in [-0.4, -0.2) is 29.2 Å². The van der Waals surface area contributed by atoms with E-state index in [0.717, 1.165) is 54.3 Å². The largest absolute Gasteiger partial charge is 0.478 e. The molecule has 2 aromatic rings. The zero-order chi connectivity index (χ0) is 25.4. The number of aromatic carboxylic acids is 1. The highest BCUT2D eigenvalue weighted by Gasteiger charge is 2.45. The summed E-state index contributed by atoms with van der Waals surface area (Å²) in [6.45, 7) is 0. The summed E-state index contributed by atoms with van der Waals surface area (Å²) in [6.07, 6.45) is 12.0. The first kappa shape index (κ1) is 24.7. The molecule has 2 aromatic carbocycles. The third-order valence-electron chi connectivity index (χ3n) is 6.67. The van der Waals surface area contributed by atoms with Gasteiger partial charge >= 0.3 is 5.97 Å². The number of terminal acetylenes is 1. The SMILES string of the molecule is C#CCCCCC1N=CC(C2C(C3CC3)=C(Sc3cccc(C(=O)O)c3F)c3ccc(Cl)c(F)c32)=N1. The fourth-order valence-corrected chi connectivity index (χ4v) is 6.25. The number of aliphatic imine (C=N–C) groups is 2. The van der Waals surface area contributed by atoms with Crippen molar-refractivity contribution in [3.05, 3.63) is 69.3 Å². The summed E-state index contributed by atoms with van der Waals surface area (Å²) in [5.41, 5.74) is 2.33. The summed E-state index contributed by atoms with van der Waals surface area (Å²) in [6, 6.07) is 7.56. The maximum Gasteiger partial charge on any atom is 0.338 e. The van der Waals surface area contributed by atoms with E-state index in [1.54, 1.807) is 18.3 Å². The molecule has 1 aliphatic heterocycles. The van der Waals surface area contributed by atoms with Crippen LogP contribution in [0.1, 0.15) is 65.9 Å². The van der Waals surface area contributed by atoms with Crippen molar-refractivity contribution in [3.8, 4) is 12.3 Å². The van der Waals surface area contributed by atoms with Gasteiger partial charge in [0.15, 0.2) is 5.82 Å². The molecule has 2 aliphatic carbocycles. The van der Waals surface area contributed by atoms with Crippen LogP contribution in [-0.2, 0) is 0 Å². The Balaban J connectivity index is 1.57. The number of benzene rings is 2. The predicted molar refractivity (Wildman–Crippen MR) is 140 cm³/mol. The van der Waals surface area contributed by atoms with Crippen LogP contribution < -0.4 is 0 Å². The second kappa shape index (κ2) is 10.2. The fraction of sp³-hybridized carbons (Fsp3) is 0.321. The lowest BCUT2D eigenvalue weighted by Crippen LogP contribution is -2.16. The van der Waals surface area contributed by atoms with Gasteiger partial charge in [0.25, 0.3) is 0 Å². The van der Waals surface area contributed by atoms with Gasteiger partial charge in [0.1, 0.15) is 12.0 Å². The van der Waals surface area contributed by atoms with Gasteiger partial charge in [0.05, 0.1) is 22.2 Å². The Morgan fingerprint density at radius 2 is 2.00 bits per heavy atom. The van der Waals surface area contributed by atoms with Crippen molar-refractivity contribution >= 4 is 46.2 Å². The molecule has 8 heteroatoms. The number of halogens is 3. The lowest BCUT2D eigenvalue weighted by atomic mass is 9.88. The van der Waals surface area contributed by atoms with Gasteiger partial charge in [-0.2, -0.15) is 0 Å². The highest BCUT2D eigenvalue weighted by Crippen LogP contribution is 2.58. The van der Waals surface area contributed by atoms with Crippen LogP contribution in [0.2, 0.25) is 5.02 Å². The Labute approximate surface area is 217 Å². The average molecular weight is 525 g/mol. The lowest BCUT2D eigenvalue weighted by Gasteiger charge is -2.17. The van der Waals surface area contributed by atoms with Crippen LogP contribution in [0.3, 0.4) is 0 Å². The standard InChI is InChI=1S/C28H23ClF2N2O2S/c1-2-3-4-5-9-21-32-14-19(33-21)24-22(15-10-11-15)27(16-12-13-18(29)26(31)23(16)24)36-20-8-6-7-17(25(20)30)28(34)35/h1,6-8,12-15,21,24H,3-5,9-11H2,(H,34,35). The zero-order valence-electron chi connectivity index (χ0n) is 19.3. The predicted octanol–water partition coefficient (Wildman–Crippen LogP) is 7.37. The molecule has 1 heterocycles. The number of nitrogens with zero attached hydrogens (tertiary/aromatic N) is 2. The topological polar surface area (TPSA) is 62.0 Å². The van der Waals surface area contributed by atoms with E-state index in [1.165, 1.54) is 18.2 Å². The molecule has 0 bridgehead atoms. The molecule has 2 atom stereocenters. The summed E-state index contributed by atoms with van der Waals surface area (Å²) in [4.78, 5) is 21.8. The number of carboxylic acids is 1. The number of thioether (sulfide) groups is 1. The summed E-state index contributed by atoms with van der Waals surface area (Å²) >= 11 is 7.35. The molecule has 1 fully saturated rings. The Kier molecular flexibility index (Phi) is 7.00. The normalized spacial score (nSPS) is 20.4. The lowest BCUT2D eigenvalue weighted by molar-refractivity contribution is 0.0691. The number of unbranched alkanes of at least 4 members (excludes halogenated alkanes) is 2. The number of hydrogen-bond acceptors (Lipinski definition) is 4. The van der Waals surface area contributed by atoms with Gasteiger partial charge in [0.2, 0.25) is 0 Å². The summed E-state index contributed by atoms with van der Waals surface area (Å²) in [5.74, 6) is -0.264. The van der Waals surface area contributed by atoms with Crippen molar-refractivity contribution in [3.63, 3.8) is 0 Å². The van der Waals surface area contributed by atoms with E-state index in [4.69, 9.17) is 23.0 Å². The number of carbonyl (C=O) groups is 1. The quantitative estimate of drug-likeness (QED) is 0.275. The van der Waals surface area contributed by atoms with E-state index in [-0.39, 0.29) is 22.0 Å². The summed E-state index contributed by atoms with van der Waals surface area (Å²) in [5, 5.41) is 9.38. The van der Waals surface area contributed by atoms with Crippen molar-refractivity contribution in [1.82, 2.24) is 0 Å². The van der Waals surface area contributed by atoms with Crippen LogP contribution in [0.5, 0.6) is 0 Å². The third kappa shape index (κ3) is 4.60. The van der Waals surface area contributed by atoms with E-state index >= 15 is 8.78 Å². The van der Waals surface area contributed by atoms with Gasteiger partial charge in [-0.05, 0) is 67.4 Å². The molecule has 2 unspecified atom stereocenters. The molecule has 1 saturated carbocycles. The number of carboxylic acid groups (broad SMARTS) is 1. The maximum atomic E-state index is 15.6. The highest BCUT2D eigenvalue weighted by molar-refractivity contribution is 8.08. The van der Waals surface area contributed by atoms with Crippen LogP contribution in [0, 0.1) is 29.9 Å². The molecular formula is C28H23ClF2N2O2S. The van der Waals surface area contributed by atoms with E-state index < -0.39 is 29.1 Å². The molecule has 3 aliphatic rings. The molecule has 0 saturated heterocycles. The van der Waals surface area contributed by atoms with Gasteiger partial charge < -0.3 is 5.11 Å². The van der Waals surface area contributed by atoms with Crippen LogP contribution in [0.15, 0.2) is 50.8 Å². The van der Waals surface area contributed by atoms with Crippen LogP contribution in [0.25, 0.3) is 4.91 Å². The van der Waals surface area contributed by atoms with Gasteiger partial charge in [-0.25, -0.2) is 13.6 Å². The van der Waals surface area contributed by atoms with Crippen molar-refractivity contribution in [1.29, 1.82) is 0 Å². The molecular weight excluding hydrogens is 502 g/mol. The zero-order valence-corrected chi connectivity index (χ0v) is 20.9. The second-order valence-electron chi connectivity index (χ2n) is 9.10. The van der Waals surface area contributed by atoms with E-state index in [0.29, 0.717) is 23.3 Å². The number of fused-ring (bicyclic) bond motifs is 1. The monoisotopic (exact) mass is 524 g/mol. The van der Waals surface area contributed by atoms with Crippen molar-refractivity contribution < 1.29 is 18.7 Å². The van der Waals surface area contributed by atoms with Crippen molar-refractivity contribution in [2.75, 3.05) is 0 Å². The molecule has 36 heavy (non-hydrogen) atoms. The first-order chi connectivity index (χ1) is 17.4. The number of hydrogen-bond donors (Lipinski definition) is 1. The maximum absolute atomic E-state index is 15.6. The fourth-order valence-electron chi connectivity index (χ4n) is 4.83. The Bertz CT molecular complexity index is 1370. The average Bonchev–Trinajstić information content (AvgIpc) is 3.50.